The fraction of sp³-hybridized carbons (Fsp3) is 0.190. The van der Waals surface area contributed by atoms with Crippen LogP contribution in [0.3, 0.4) is 0 Å². The molecule has 0 atom stereocenters. The van der Waals surface area contributed by atoms with Gasteiger partial charge in [0.05, 0.1) is 24.6 Å². The number of pyridine rings is 1. The summed E-state index contributed by atoms with van der Waals surface area (Å²) in [5.41, 5.74) is 3.03. The topological polar surface area (TPSA) is 71.8 Å². The summed E-state index contributed by atoms with van der Waals surface area (Å²) in [4.78, 5) is 4.54. The molecular formula is C21H21NO4. The van der Waals surface area contributed by atoms with Crippen molar-refractivity contribution in [2.24, 2.45) is 0 Å². The molecule has 0 fully saturated rings. The molecule has 0 aliphatic carbocycles. The average molecular weight is 351 g/mol. The minimum atomic E-state index is -0.0677. The smallest absolute Gasteiger partial charge is 0.130 e. The molecule has 0 spiro atoms. The van der Waals surface area contributed by atoms with E-state index >= 15 is 0 Å². The van der Waals surface area contributed by atoms with E-state index in [9.17, 15) is 10.2 Å². The second-order valence-electron chi connectivity index (χ2n) is 5.73. The molecule has 2 aromatic carbocycles. The van der Waals surface area contributed by atoms with E-state index in [1.54, 1.807) is 0 Å². The minimum Gasteiger partial charge on any atom is -0.487 e. The summed E-state index contributed by atoms with van der Waals surface area (Å²) in [5.74, 6) is 1.30. The SMILES string of the molecule is OCc1ccccc1OCc1cccc(COc2ccccc2CO)n1. The quantitative estimate of drug-likeness (QED) is 0.652. The van der Waals surface area contributed by atoms with Gasteiger partial charge in [-0.25, -0.2) is 0 Å². The predicted molar refractivity (Wildman–Crippen MR) is 97.6 cm³/mol. The van der Waals surface area contributed by atoms with Gasteiger partial charge in [-0.15, -0.1) is 0 Å². The van der Waals surface area contributed by atoms with Gasteiger partial charge in [0.25, 0.3) is 0 Å². The van der Waals surface area contributed by atoms with Crippen LogP contribution in [0.15, 0.2) is 66.7 Å². The van der Waals surface area contributed by atoms with Crippen LogP contribution in [-0.2, 0) is 26.4 Å². The maximum atomic E-state index is 9.35. The summed E-state index contributed by atoms with van der Waals surface area (Å²) in [5, 5.41) is 18.7. The van der Waals surface area contributed by atoms with Crippen LogP contribution >= 0.6 is 0 Å². The van der Waals surface area contributed by atoms with Crippen LogP contribution in [0.4, 0.5) is 0 Å². The van der Waals surface area contributed by atoms with Crippen LogP contribution in [0.1, 0.15) is 22.5 Å². The van der Waals surface area contributed by atoms with Crippen molar-refractivity contribution in [2.75, 3.05) is 0 Å². The molecule has 26 heavy (non-hydrogen) atoms. The van der Waals surface area contributed by atoms with Gasteiger partial charge in [-0.2, -0.15) is 0 Å². The molecular weight excluding hydrogens is 330 g/mol. The van der Waals surface area contributed by atoms with E-state index in [4.69, 9.17) is 9.47 Å². The Morgan fingerprint density at radius 1 is 0.615 bits per heavy atom. The molecule has 2 N–H and O–H groups in total. The number of hydrogen-bond donors (Lipinski definition) is 2. The number of aliphatic hydroxyl groups excluding tert-OH is 2. The first-order valence-corrected chi connectivity index (χ1v) is 8.38. The zero-order valence-corrected chi connectivity index (χ0v) is 14.3. The van der Waals surface area contributed by atoms with Crippen molar-refractivity contribution in [1.82, 2.24) is 4.98 Å². The standard InChI is InChI=1S/C21H21NO4/c23-12-16-6-1-3-10-20(16)25-14-18-8-5-9-19(22-18)15-26-21-11-4-2-7-17(21)13-24/h1-11,23-24H,12-15H2. The van der Waals surface area contributed by atoms with Crippen molar-refractivity contribution >= 4 is 0 Å². The maximum absolute atomic E-state index is 9.35. The Kier molecular flexibility index (Phi) is 6.19. The first-order valence-electron chi connectivity index (χ1n) is 8.38. The van der Waals surface area contributed by atoms with E-state index in [-0.39, 0.29) is 13.2 Å². The van der Waals surface area contributed by atoms with Gasteiger partial charge in [-0.05, 0) is 24.3 Å². The number of para-hydroxylation sites is 2. The fourth-order valence-electron chi connectivity index (χ4n) is 2.54. The van der Waals surface area contributed by atoms with E-state index < -0.39 is 0 Å². The number of aliphatic hydroxyl groups is 2. The largest absolute Gasteiger partial charge is 0.487 e. The van der Waals surface area contributed by atoms with Crippen LogP contribution in [0, 0.1) is 0 Å². The fourth-order valence-corrected chi connectivity index (χ4v) is 2.54. The summed E-state index contributed by atoms with van der Waals surface area (Å²) < 4.78 is 11.5. The molecule has 0 bridgehead atoms. The van der Waals surface area contributed by atoms with Gasteiger partial charge in [0.1, 0.15) is 24.7 Å². The van der Waals surface area contributed by atoms with Gasteiger partial charge in [-0.3, -0.25) is 4.98 Å². The van der Waals surface area contributed by atoms with Gasteiger partial charge in [-0.1, -0.05) is 42.5 Å². The van der Waals surface area contributed by atoms with E-state index in [1.807, 2.05) is 66.7 Å². The molecule has 1 heterocycles. The van der Waals surface area contributed by atoms with Gasteiger partial charge >= 0.3 is 0 Å². The zero-order chi connectivity index (χ0) is 18.2. The third-order valence-electron chi connectivity index (χ3n) is 3.90. The molecule has 0 saturated heterocycles. The third kappa shape index (κ3) is 4.59. The zero-order valence-electron chi connectivity index (χ0n) is 14.3. The minimum absolute atomic E-state index is 0.0677. The van der Waals surface area contributed by atoms with Crippen LogP contribution < -0.4 is 9.47 Å². The van der Waals surface area contributed by atoms with Crippen molar-refractivity contribution in [3.05, 3.63) is 89.2 Å². The van der Waals surface area contributed by atoms with Crippen molar-refractivity contribution in [3.8, 4) is 11.5 Å². The molecule has 0 unspecified atom stereocenters. The lowest BCUT2D eigenvalue weighted by molar-refractivity contribution is 0.254. The Labute approximate surface area is 152 Å². The Balaban J connectivity index is 1.63. The first kappa shape index (κ1) is 17.9. The summed E-state index contributed by atoms with van der Waals surface area (Å²) in [6.45, 7) is 0.472. The molecule has 1 aromatic heterocycles. The lowest BCUT2D eigenvalue weighted by atomic mass is 10.2. The van der Waals surface area contributed by atoms with Crippen LogP contribution in [0.25, 0.3) is 0 Å². The lowest BCUT2D eigenvalue weighted by Crippen LogP contribution is -2.05. The van der Waals surface area contributed by atoms with Crippen LogP contribution in [0.2, 0.25) is 0 Å². The van der Waals surface area contributed by atoms with Crippen molar-refractivity contribution < 1.29 is 19.7 Å². The normalized spacial score (nSPS) is 10.5. The number of nitrogens with zero attached hydrogens (tertiary/aromatic N) is 1. The predicted octanol–water partition coefficient (Wildman–Crippen LogP) is 3.22. The molecule has 134 valence electrons. The van der Waals surface area contributed by atoms with E-state index in [2.05, 4.69) is 4.98 Å². The first-order chi connectivity index (χ1) is 12.8. The third-order valence-corrected chi connectivity index (χ3v) is 3.90. The monoisotopic (exact) mass is 351 g/mol. The van der Waals surface area contributed by atoms with E-state index in [0.29, 0.717) is 24.7 Å². The Bertz CT molecular complexity index is 784. The van der Waals surface area contributed by atoms with Gasteiger partial charge in [0, 0.05) is 11.1 Å². The summed E-state index contributed by atoms with van der Waals surface area (Å²) >= 11 is 0. The molecule has 0 amide bonds. The maximum Gasteiger partial charge on any atom is 0.130 e. The van der Waals surface area contributed by atoms with Crippen LogP contribution in [0.5, 0.6) is 11.5 Å². The number of aromatic nitrogens is 1. The Morgan fingerprint density at radius 3 is 1.54 bits per heavy atom. The highest BCUT2D eigenvalue weighted by molar-refractivity contribution is 5.33. The Hall–Kier alpha value is -2.89. The molecule has 5 nitrogen and oxygen atoms in total. The van der Waals surface area contributed by atoms with Gasteiger partial charge in [0.15, 0.2) is 0 Å². The second kappa shape index (κ2) is 8.99. The molecule has 0 aliphatic heterocycles. The van der Waals surface area contributed by atoms with Gasteiger partial charge < -0.3 is 19.7 Å². The van der Waals surface area contributed by atoms with Crippen molar-refractivity contribution in [1.29, 1.82) is 0 Å². The molecule has 5 heteroatoms. The highest BCUT2D eigenvalue weighted by atomic mass is 16.5. The lowest BCUT2D eigenvalue weighted by Gasteiger charge is -2.12. The molecule has 3 rings (SSSR count). The molecule has 3 aromatic rings. The van der Waals surface area contributed by atoms with Crippen molar-refractivity contribution in [3.63, 3.8) is 0 Å². The Morgan fingerprint density at radius 2 is 1.08 bits per heavy atom. The van der Waals surface area contributed by atoms with Gasteiger partial charge in [0.2, 0.25) is 0 Å². The number of rotatable bonds is 8. The molecule has 0 radical (unpaired) electrons. The number of benzene rings is 2. The van der Waals surface area contributed by atoms with Crippen molar-refractivity contribution in [2.45, 2.75) is 26.4 Å². The summed E-state index contributed by atoms with van der Waals surface area (Å²) in [6.07, 6.45) is 0. The van der Waals surface area contributed by atoms with E-state index in [1.165, 1.54) is 0 Å². The highest BCUT2D eigenvalue weighted by Gasteiger charge is 2.06. The van der Waals surface area contributed by atoms with Crippen LogP contribution in [-0.4, -0.2) is 15.2 Å². The molecule has 0 saturated carbocycles. The van der Waals surface area contributed by atoms with E-state index in [0.717, 1.165) is 22.5 Å². The highest BCUT2D eigenvalue weighted by Crippen LogP contribution is 2.20. The number of hydrogen-bond acceptors (Lipinski definition) is 5. The molecule has 0 aliphatic rings. The average Bonchev–Trinajstić information content (AvgIpc) is 2.71. The second-order valence-corrected chi connectivity index (χ2v) is 5.73. The summed E-state index contributed by atoms with van der Waals surface area (Å²) in [6, 6.07) is 20.4. The summed E-state index contributed by atoms with van der Waals surface area (Å²) in [7, 11) is 0. The number of ether oxygens (including phenoxy) is 2.